The van der Waals surface area contributed by atoms with Gasteiger partial charge in [-0.25, -0.2) is 9.78 Å². The lowest BCUT2D eigenvalue weighted by Crippen LogP contribution is -2.20. The maximum atomic E-state index is 13.1. The van der Waals surface area contributed by atoms with Crippen molar-refractivity contribution in [2.24, 2.45) is 0 Å². The third-order valence-electron chi connectivity index (χ3n) is 5.14. The van der Waals surface area contributed by atoms with Gasteiger partial charge in [0.05, 0.1) is 17.7 Å². The number of carbonyl (C=O) groups is 1. The number of urea groups is 1. The van der Waals surface area contributed by atoms with Crippen LogP contribution in [0.2, 0.25) is 5.02 Å². The number of aromatic amines is 1. The topological polar surface area (TPSA) is 129 Å². The number of anilines is 6. The molecule has 0 fully saturated rings. The molecule has 0 unspecified atom stereocenters. The predicted octanol–water partition coefficient (Wildman–Crippen LogP) is 6.63. The van der Waals surface area contributed by atoms with Crippen molar-refractivity contribution in [1.82, 2.24) is 20.2 Å². The quantitative estimate of drug-likeness (QED) is 0.176. The molecule has 14 heteroatoms. The first-order chi connectivity index (χ1) is 18.0. The normalized spacial score (nSPS) is 11.1. The number of amides is 2. The third-order valence-corrected chi connectivity index (χ3v) is 5.47. The van der Waals surface area contributed by atoms with Crippen LogP contribution in [0.4, 0.5) is 52.6 Å². The molecule has 38 heavy (non-hydrogen) atoms. The average molecular weight is 547 g/mol. The van der Waals surface area contributed by atoms with Crippen molar-refractivity contribution in [3.05, 3.63) is 70.4 Å². The fraction of sp³-hybridized carbons (Fsp3) is 0.167. The maximum Gasteiger partial charge on any atom is 0.417 e. The predicted molar refractivity (Wildman–Crippen MR) is 139 cm³/mol. The first kappa shape index (κ1) is 26.5. The Balaban J connectivity index is 1.42. The van der Waals surface area contributed by atoms with Gasteiger partial charge in [-0.15, -0.1) is 5.10 Å². The van der Waals surface area contributed by atoms with Crippen molar-refractivity contribution in [3.8, 4) is 5.88 Å². The first-order valence-corrected chi connectivity index (χ1v) is 11.4. The Morgan fingerprint density at radius 1 is 0.974 bits per heavy atom. The molecule has 0 aliphatic rings. The molecule has 2 amide bonds. The maximum absolute atomic E-state index is 13.1. The molecule has 0 atom stereocenters. The molecule has 2 aromatic carbocycles. The highest BCUT2D eigenvalue weighted by molar-refractivity contribution is 6.31. The number of carbonyl (C=O) groups excluding carboxylic acids is 1. The van der Waals surface area contributed by atoms with Gasteiger partial charge < -0.3 is 26.0 Å². The molecule has 2 aromatic heterocycles. The number of aromatic nitrogens is 4. The lowest BCUT2D eigenvalue weighted by Gasteiger charge is -2.14. The largest absolute Gasteiger partial charge is 0.480 e. The molecule has 0 saturated heterocycles. The number of rotatable bonds is 7. The van der Waals surface area contributed by atoms with Gasteiger partial charge in [0.15, 0.2) is 0 Å². The number of nitrogens with one attached hydrogen (secondary N) is 5. The highest BCUT2D eigenvalue weighted by Gasteiger charge is 2.33. The zero-order chi connectivity index (χ0) is 27.4. The van der Waals surface area contributed by atoms with E-state index < -0.39 is 22.8 Å². The zero-order valence-corrected chi connectivity index (χ0v) is 21.0. The summed E-state index contributed by atoms with van der Waals surface area (Å²) in [7, 11) is 1.51. The Bertz CT molecular complexity index is 1480. The van der Waals surface area contributed by atoms with Gasteiger partial charge in [0.2, 0.25) is 11.8 Å². The smallest absolute Gasteiger partial charge is 0.417 e. The summed E-state index contributed by atoms with van der Waals surface area (Å²) in [5.74, 6) is 1.87. The summed E-state index contributed by atoms with van der Waals surface area (Å²) < 4.78 is 44.3. The van der Waals surface area contributed by atoms with Gasteiger partial charge in [-0.2, -0.15) is 18.2 Å². The first-order valence-electron chi connectivity index (χ1n) is 11.0. The van der Waals surface area contributed by atoms with Gasteiger partial charge in [-0.3, -0.25) is 5.10 Å². The van der Waals surface area contributed by atoms with Crippen LogP contribution in [-0.4, -0.2) is 33.3 Å². The minimum absolute atomic E-state index is 0.0520. The lowest BCUT2D eigenvalue weighted by atomic mass is 10.1. The van der Waals surface area contributed by atoms with E-state index in [1.807, 2.05) is 13.8 Å². The number of halogens is 4. The van der Waals surface area contributed by atoms with Crippen LogP contribution >= 0.6 is 11.6 Å². The van der Waals surface area contributed by atoms with Crippen LogP contribution < -0.4 is 26.0 Å². The molecule has 198 valence electrons. The summed E-state index contributed by atoms with van der Waals surface area (Å²) in [5.41, 5.74) is 1.49. The van der Waals surface area contributed by atoms with Crippen LogP contribution in [0.1, 0.15) is 16.8 Å². The van der Waals surface area contributed by atoms with Crippen molar-refractivity contribution in [2.45, 2.75) is 20.0 Å². The van der Waals surface area contributed by atoms with Crippen molar-refractivity contribution >= 4 is 52.3 Å². The second-order valence-corrected chi connectivity index (χ2v) is 8.50. The number of nitrogens with zero attached hydrogens (tertiary/aromatic N) is 3. The highest BCUT2D eigenvalue weighted by atomic mass is 35.5. The van der Waals surface area contributed by atoms with E-state index in [0.717, 1.165) is 17.7 Å². The van der Waals surface area contributed by atoms with E-state index >= 15 is 0 Å². The number of hydrogen-bond donors (Lipinski definition) is 5. The Labute approximate surface area is 220 Å². The van der Waals surface area contributed by atoms with Crippen molar-refractivity contribution < 1.29 is 22.7 Å². The number of benzene rings is 2. The minimum atomic E-state index is -4.64. The van der Waals surface area contributed by atoms with Crippen LogP contribution in [0, 0.1) is 13.8 Å². The summed E-state index contributed by atoms with van der Waals surface area (Å²) >= 11 is 5.62. The van der Waals surface area contributed by atoms with E-state index in [1.54, 1.807) is 30.3 Å². The van der Waals surface area contributed by atoms with E-state index in [2.05, 4.69) is 41.4 Å². The fourth-order valence-electron chi connectivity index (χ4n) is 3.41. The second-order valence-electron chi connectivity index (χ2n) is 8.09. The number of aryl methyl sites for hydroxylation is 2. The molecule has 0 bridgehead atoms. The number of ether oxygens (including phenoxy) is 1. The number of hydrogen-bond acceptors (Lipinski definition) is 7. The van der Waals surface area contributed by atoms with Gasteiger partial charge in [0.25, 0.3) is 0 Å². The van der Waals surface area contributed by atoms with Crippen LogP contribution in [0.3, 0.4) is 0 Å². The van der Waals surface area contributed by atoms with E-state index in [4.69, 9.17) is 16.3 Å². The average Bonchev–Trinajstić information content (AvgIpc) is 3.28. The van der Waals surface area contributed by atoms with Gasteiger partial charge >= 0.3 is 12.2 Å². The van der Waals surface area contributed by atoms with Gasteiger partial charge in [0, 0.05) is 34.9 Å². The van der Waals surface area contributed by atoms with Crippen molar-refractivity contribution in [3.63, 3.8) is 0 Å². The Kier molecular flexibility index (Phi) is 7.57. The highest BCUT2D eigenvalue weighted by Crippen LogP contribution is 2.36. The standard InChI is InChI=1S/C24H22ClF3N8O2/c1-12-8-14(30-23(37)31-15-4-6-17(25)16(10-15)24(26,27)28)5-7-18(12)32-22-29-13(2)9-19(34-22)33-20-11-21(38-3)36-35-20/h4-11H,1-3H3,(H2,30,31,37)(H3,29,32,33,34,35,36). The van der Waals surface area contributed by atoms with Crippen molar-refractivity contribution in [1.29, 1.82) is 0 Å². The molecule has 0 radical (unpaired) electrons. The van der Waals surface area contributed by atoms with E-state index in [9.17, 15) is 18.0 Å². The molecule has 0 aliphatic carbocycles. The molecule has 4 aromatic rings. The van der Waals surface area contributed by atoms with Crippen LogP contribution in [0.5, 0.6) is 5.88 Å². The summed E-state index contributed by atoms with van der Waals surface area (Å²) in [6, 6.07) is 10.9. The monoisotopic (exact) mass is 546 g/mol. The third kappa shape index (κ3) is 6.62. The fourth-order valence-corrected chi connectivity index (χ4v) is 3.64. The second kappa shape index (κ2) is 10.8. The van der Waals surface area contributed by atoms with E-state index in [0.29, 0.717) is 40.5 Å². The summed E-state index contributed by atoms with van der Waals surface area (Å²) in [5, 5.41) is 17.5. The zero-order valence-electron chi connectivity index (χ0n) is 20.3. The molecule has 0 spiro atoms. The Morgan fingerprint density at radius 2 is 1.68 bits per heavy atom. The Hall–Kier alpha value is -4.52. The molecular formula is C24H22ClF3N8O2. The van der Waals surface area contributed by atoms with E-state index in [-0.39, 0.29) is 5.69 Å². The van der Waals surface area contributed by atoms with Crippen LogP contribution in [0.25, 0.3) is 0 Å². The molecular weight excluding hydrogens is 525 g/mol. The van der Waals surface area contributed by atoms with Crippen LogP contribution in [-0.2, 0) is 6.18 Å². The summed E-state index contributed by atoms with van der Waals surface area (Å²) in [6.07, 6.45) is -4.64. The number of alkyl halides is 3. The van der Waals surface area contributed by atoms with Crippen LogP contribution in [0.15, 0.2) is 48.5 Å². The van der Waals surface area contributed by atoms with Gasteiger partial charge in [0.1, 0.15) is 11.6 Å². The van der Waals surface area contributed by atoms with Gasteiger partial charge in [-0.1, -0.05) is 11.6 Å². The van der Waals surface area contributed by atoms with Crippen molar-refractivity contribution in [2.75, 3.05) is 28.4 Å². The molecule has 4 rings (SSSR count). The minimum Gasteiger partial charge on any atom is -0.480 e. The van der Waals surface area contributed by atoms with Gasteiger partial charge in [-0.05, 0) is 55.8 Å². The number of methoxy groups -OCH3 is 1. The van der Waals surface area contributed by atoms with E-state index in [1.165, 1.54) is 13.2 Å². The lowest BCUT2D eigenvalue weighted by molar-refractivity contribution is -0.137. The summed E-state index contributed by atoms with van der Waals surface area (Å²) in [4.78, 5) is 21.2. The molecule has 0 aliphatic heterocycles. The molecule has 10 nitrogen and oxygen atoms in total. The SMILES string of the molecule is COc1cc(Nc2cc(C)nc(Nc3ccc(NC(=O)Nc4ccc(Cl)c(C(F)(F)F)c4)cc3C)n2)[nH]n1. The summed E-state index contributed by atoms with van der Waals surface area (Å²) in [6.45, 7) is 3.63. The Morgan fingerprint density at radius 3 is 2.34 bits per heavy atom. The number of H-pyrrole nitrogens is 1. The molecule has 0 saturated carbocycles. The molecule has 5 N–H and O–H groups in total. The molecule has 2 heterocycles.